The molecule has 13 heteroatoms. The van der Waals surface area contributed by atoms with Gasteiger partial charge in [-0.05, 0) is 11.1 Å². The molecule has 1 saturated heterocycles. The van der Waals surface area contributed by atoms with Gasteiger partial charge >= 0.3 is 21.6 Å². The summed E-state index contributed by atoms with van der Waals surface area (Å²) in [7, 11) is -6.17. The topological polar surface area (TPSA) is 118 Å². The Kier molecular flexibility index (Phi) is 9.44. The number of hydrogen-bond donors (Lipinski definition) is 1. The molecule has 0 spiro atoms. The number of benzene rings is 2. The Morgan fingerprint density at radius 3 is 2.03 bits per heavy atom. The van der Waals surface area contributed by atoms with Gasteiger partial charge in [0.15, 0.2) is 12.4 Å². The van der Waals surface area contributed by atoms with Crippen LogP contribution in [0.15, 0.2) is 60.7 Å². The van der Waals surface area contributed by atoms with E-state index in [2.05, 4.69) is 4.18 Å². The summed E-state index contributed by atoms with van der Waals surface area (Å²) in [5.41, 5.74) is -4.45. The highest BCUT2D eigenvalue weighted by molar-refractivity contribution is 7.87. The average molecular weight is 535 g/mol. The quantitative estimate of drug-likeness (QED) is 0.279. The second kappa shape index (κ2) is 12.1. The molecule has 0 unspecified atom stereocenters. The fourth-order valence-corrected chi connectivity index (χ4v) is 4.11. The highest BCUT2D eigenvalue weighted by Crippen LogP contribution is 2.33. The molecule has 0 aliphatic carbocycles. The Morgan fingerprint density at radius 2 is 1.50 bits per heavy atom. The minimum Gasteiger partial charge on any atom is -0.457 e. The largest absolute Gasteiger partial charge is 0.523 e. The van der Waals surface area contributed by atoms with Gasteiger partial charge in [0.05, 0.1) is 19.8 Å². The van der Waals surface area contributed by atoms with Crippen LogP contribution in [0.2, 0.25) is 0 Å². The van der Waals surface area contributed by atoms with Crippen molar-refractivity contribution < 1.29 is 54.6 Å². The standard InChI is InChI=1S/C23H25F3O9S/c1-15(27)33-19-18(14-31-12-16-8-4-2-5-9-16)34-22(28)21(32-13-17-10-6-3-7-11-17)20(19)35-36(29,30)23(24,25)26/h2-11,18-22,28H,12-14H2,1H3/t18-,19+,20+,21-,22-/m1/s1. The molecule has 36 heavy (non-hydrogen) atoms. The second-order valence-corrected chi connectivity index (χ2v) is 9.43. The van der Waals surface area contributed by atoms with Crippen LogP contribution in [0.4, 0.5) is 13.2 Å². The van der Waals surface area contributed by atoms with E-state index in [1.807, 2.05) is 0 Å². The summed E-state index contributed by atoms with van der Waals surface area (Å²) in [5.74, 6) is -0.951. The Hall–Kier alpha value is -2.55. The van der Waals surface area contributed by atoms with Crippen LogP contribution in [0.5, 0.6) is 0 Å². The molecule has 1 fully saturated rings. The van der Waals surface area contributed by atoms with Gasteiger partial charge in [0, 0.05) is 6.92 Å². The van der Waals surface area contributed by atoms with Gasteiger partial charge in [-0.1, -0.05) is 60.7 Å². The average Bonchev–Trinajstić information content (AvgIpc) is 2.81. The number of halogens is 3. The zero-order valence-electron chi connectivity index (χ0n) is 19.0. The Labute approximate surface area is 205 Å². The van der Waals surface area contributed by atoms with Crippen LogP contribution in [0.25, 0.3) is 0 Å². The molecule has 0 saturated carbocycles. The lowest BCUT2D eigenvalue weighted by Gasteiger charge is -2.43. The molecule has 1 N–H and O–H groups in total. The predicted molar refractivity (Wildman–Crippen MR) is 117 cm³/mol. The molecule has 198 valence electrons. The highest BCUT2D eigenvalue weighted by Gasteiger charge is 2.56. The van der Waals surface area contributed by atoms with E-state index in [9.17, 15) is 31.5 Å². The third-order valence-electron chi connectivity index (χ3n) is 5.11. The first-order valence-electron chi connectivity index (χ1n) is 10.8. The van der Waals surface area contributed by atoms with Crippen LogP contribution in [-0.4, -0.2) is 62.3 Å². The fraction of sp³-hybridized carbons (Fsp3) is 0.435. The van der Waals surface area contributed by atoms with Gasteiger partial charge in [0.2, 0.25) is 0 Å². The van der Waals surface area contributed by atoms with Crippen LogP contribution in [0, 0.1) is 0 Å². The van der Waals surface area contributed by atoms with Gasteiger partial charge in [0.1, 0.15) is 18.3 Å². The number of carbonyl (C=O) groups excluding carboxylic acids is 1. The Bertz CT molecular complexity index is 1080. The number of aliphatic hydroxyl groups excluding tert-OH is 1. The summed E-state index contributed by atoms with van der Waals surface area (Å²) in [6, 6.07) is 17.2. The summed E-state index contributed by atoms with van der Waals surface area (Å²) in [4.78, 5) is 11.8. The molecule has 3 rings (SSSR count). The lowest BCUT2D eigenvalue weighted by molar-refractivity contribution is -0.298. The highest BCUT2D eigenvalue weighted by atomic mass is 32.2. The van der Waals surface area contributed by atoms with E-state index < -0.39 is 52.3 Å². The molecule has 0 amide bonds. The first-order chi connectivity index (χ1) is 17.0. The first-order valence-corrected chi connectivity index (χ1v) is 12.2. The van der Waals surface area contributed by atoms with Crippen molar-refractivity contribution in [2.75, 3.05) is 6.61 Å². The molecule has 0 bridgehead atoms. The minimum atomic E-state index is -6.17. The molecule has 1 aliphatic rings. The van der Waals surface area contributed by atoms with E-state index in [0.717, 1.165) is 12.5 Å². The molecular formula is C23H25F3O9S. The summed E-state index contributed by atoms with van der Waals surface area (Å²) in [5, 5.41) is 10.6. The summed E-state index contributed by atoms with van der Waals surface area (Å²) in [6.07, 6.45) is -8.90. The SMILES string of the molecule is CC(=O)O[C@@H]1[C@H](OS(=O)(=O)C(F)(F)F)[C@@H](OCc2ccccc2)[C@H](O)O[C@@H]1COCc1ccccc1. The van der Waals surface area contributed by atoms with Crippen molar-refractivity contribution >= 4 is 16.1 Å². The van der Waals surface area contributed by atoms with E-state index in [-0.39, 0.29) is 19.8 Å². The molecule has 1 heterocycles. The van der Waals surface area contributed by atoms with Crippen molar-refractivity contribution in [2.24, 2.45) is 0 Å². The molecule has 0 radical (unpaired) electrons. The van der Waals surface area contributed by atoms with Gasteiger partial charge in [-0.2, -0.15) is 21.6 Å². The number of ether oxygens (including phenoxy) is 4. The minimum absolute atomic E-state index is 0.0594. The normalized spacial score (nSPS) is 24.9. The molecule has 0 aromatic heterocycles. The van der Waals surface area contributed by atoms with Crippen molar-refractivity contribution in [3.05, 3.63) is 71.8 Å². The van der Waals surface area contributed by atoms with Crippen LogP contribution in [0.3, 0.4) is 0 Å². The molecule has 9 nitrogen and oxygen atoms in total. The van der Waals surface area contributed by atoms with Gasteiger partial charge in [-0.15, -0.1) is 0 Å². The van der Waals surface area contributed by atoms with E-state index in [0.29, 0.717) is 5.56 Å². The maximum atomic E-state index is 13.2. The van der Waals surface area contributed by atoms with Crippen LogP contribution >= 0.6 is 0 Å². The third-order valence-corrected chi connectivity index (χ3v) is 6.15. The van der Waals surface area contributed by atoms with Gasteiger partial charge < -0.3 is 24.1 Å². The van der Waals surface area contributed by atoms with Crippen molar-refractivity contribution in [1.29, 1.82) is 0 Å². The zero-order valence-corrected chi connectivity index (χ0v) is 19.9. The second-order valence-electron chi connectivity index (χ2n) is 7.86. The van der Waals surface area contributed by atoms with Gasteiger partial charge in [0.25, 0.3) is 0 Å². The lowest BCUT2D eigenvalue weighted by atomic mass is 9.98. The molecule has 2 aromatic carbocycles. The third kappa shape index (κ3) is 7.48. The smallest absolute Gasteiger partial charge is 0.457 e. The van der Waals surface area contributed by atoms with E-state index >= 15 is 0 Å². The first kappa shape index (κ1) is 28.0. The molecule has 2 aromatic rings. The summed E-state index contributed by atoms with van der Waals surface area (Å²) < 4.78 is 89.3. The van der Waals surface area contributed by atoms with Crippen LogP contribution < -0.4 is 0 Å². The van der Waals surface area contributed by atoms with Gasteiger partial charge in [-0.25, -0.2) is 0 Å². The van der Waals surface area contributed by atoms with Crippen molar-refractivity contribution in [3.63, 3.8) is 0 Å². The fourth-order valence-electron chi connectivity index (χ4n) is 3.48. The van der Waals surface area contributed by atoms with E-state index in [4.69, 9.17) is 18.9 Å². The predicted octanol–water partition coefficient (Wildman–Crippen LogP) is 2.67. The molecular weight excluding hydrogens is 509 g/mol. The maximum absolute atomic E-state index is 13.2. The Balaban J connectivity index is 1.86. The van der Waals surface area contributed by atoms with Gasteiger partial charge in [-0.3, -0.25) is 8.98 Å². The van der Waals surface area contributed by atoms with Crippen molar-refractivity contribution in [3.8, 4) is 0 Å². The number of aliphatic hydroxyl groups is 1. The number of carbonyl (C=O) groups is 1. The van der Waals surface area contributed by atoms with E-state index in [1.54, 1.807) is 60.7 Å². The van der Waals surface area contributed by atoms with E-state index in [1.165, 1.54) is 0 Å². The van der Waals surface area contributed by atoms with Crippen LogP contribution in [0.1, 0.15) is 18.1 Å². The molecule has 5 atom stereocenters. The zero-order chi connectivity index (χ0) is 26.3. The maximum Gasteiger partial charge on any atom is 0.523 e. The number of alkyl halides is 3. The van der Waals surface area contributed by atoms with Crippen LogP contribution in [-0.2, 0) is 51.3 Å². The lowest BCUT2D eigenvalue weighted by Crippen LogP contribution is -2.62. The Morgan fingerprint density at radius 1 is 0.944 bits per heavy atom. The van der Waals surface area contributed by atoms with Crippen molar-refractivity contribution in [1.82, 2.24) is 0 Å². The number of esters is 1. The number of hydrogen-bond acceptors (Lipinski definition) is 9. The number of rotatable bonds is 10. The summed E-state index contributed by atoms with van der Waals surface area (Å²) in [6.45, 7) is 0.424. The molecule has 1 aliphatic heterocycles. The van der Waals surface area contributed by atoms with Crippen molar-refractivity contribution in [2.45, 2.75) is 56.4 Å². The summed E-state index contributed by atoms with van der Waals surface area (Å²) >= 11 is 0. The monoisotopic (exact) mass is 534 g/mol.